The number of anilines is 1. The molecule has 0 unspecified atom stereocenters. The minimum Gasteiger partial charge on any atom is -0.494 e. The zero-order valence-corrected chi connectivity index (χ0v) is 11.8. The van der Waals surface area contributed by atoms with E-state index in [0.29, 0.717) is 13.0 Å². The largest absolute Gasteiger partial charge is 0.494 e. The van der Waals surface area contributed by atoms with Crippen molar-refractivity contribution in [1.82, 2.24) is 0 Å². The van der Waals surface area contributed by atoms with Crippen molar-refractivity contribution in [2.24, 2.45) is 0 Å². The van der Waals surface area contributed by atoms with Crippen LogP contribution < -0.4 is 10.1 Å². The Morgan fingerprint density at radius 2 is 1.89 bits per heavy atom. The highest BCUT2D eigenvalue weighted by atomic mass is 32.2. The molecule has 0 aliphatic carbocycles. The summed E-state index contributed by atoms with van der Waals surface area (Å²) in [4.78, 5) is 0. The van der Waals surface area contributed by atoms with Crippen molar-refractivity contribution in [3.8, 4) is 5.75 Å². The van der Waals surface area contributed by atoms with Crippen LogP contribution in [-0.4, -0.2) is 33.6 Å². The van der Waals surface area contributed by atoms with E-state index in [9.17, 15) is 8.42 Å². The Labute approximate surface area is 109 Å². The van der Waals surface area contributed by atoms with Gasteiger partial charge in [0, 0.05) is 18.5 Å². The topological polar surface area (TPSA) is 55.4 Å². The van der Waals surface area contributed by atoms with E-state index in [-0.39, 0.29) is 5.75 Å². The quantitative estimate of drug-likeness (QED) is 0.737. The number of nitrogens with one attached hydrogen (secondary N) is 1. The Hall–Kier alpha value is -1.23. The second-order valence-electron chi connectivity index (χ2n) is 4.28. The maximum atomic E-state index is 10.9. The van der Waals surface area contributed by atoms with E-state index >= 15 is 0 Å². The zero-order valence-electron chi connectivity index (χ0n) is 11.0. The molecule has 0 saturated carbocycles. The maximum absolute atomic E-state index is 10.9. The predicted molar refractivity (Wildman–Crippen MR) is 75.0 cm³/mol. The van der Waals surface area contributed by atoms with Gasteiger partial charge in [-0.15, -0.1) is 0 Å². The molecule has 0 aromatic heterocycles. The number of rotatable bonds is 8. The van der Waals surface area contributed by atoms with Gasteiger partial charge in [-0.05, 0) is 37.1 Å². The number of sulfone groups is 1. The maximum Gasteiger partial charge on any atom is 0.147 e. The summed E-state index contributed by atoms with van der Waals surface area (Å²) in [6.07, 6.45) is 2.87. The molecule has 0 saturated heterocycles. The first kappa shape index (κ1) is 14.8. The van der Waals surface area contributed by atoms with Gasteiger partial charge in [0.1, 0.15) is 15.6 Å². The molecule has 0 aliphatic rings. The molecule has 0 spiro atoms. The van der Waals surface area contributed by atoms with Gasteiger partial charge in [0.15, 0.2) is 0 Å². The lowest BCUT2D eigenvalue weighted by Crippen LogP contribution is -2.09. The van der Waals surface area contributed by atoms with Gasteiger partial charge >= 0.3 is 0 Å². The van der Waals surface area contributed by atoms with E-state index in [1.54, 1.807) is 0 Å². The molecule has 1 aromatic rings. The third-order valence-corrected chi connectivity index (χ3v) is 3.38. The average molecular weight is 271 g/mol. The molecule has 0 fully saturated rings. The van der Waals surface area contributed by atoms with Gasteiger partial charge in [-0.3, -0.25) is 0 Å². The SMILES string of the molecule is CCCOc1ccc(NCCCS(C)(=O)=O)cc1. The van der Waals surface area contributed by atoms with Crippen LogP contribution in [0.1, 0.15) is 19.8 Å². The fourth-order valence-corrected chi connectivity index (χ4v) is 2.12. The van der Waals surface area contributed by atoms with Crippen LogP contribution in [0, 0.1) is 0 Å². The van der Waals surface area contributed by atoms with Gasteiger partial charge in [0.05, 0.1) is 12.4 Å². The molecule has 1 aromatic carbocycles. The van der Waals surface area contributed by atoms with Crippen LogP contribution in [-0.2, 0) is 9.84 Å². The molecular weight excluding hydrogens is 250 g/mol. The number of ether oxygens (including phenoxy) is 1. The number of hydrogen-bond acceptors (Lipinski definition) is 4. The fourth-order valence-electron chi connectivity index (χ4n) is 1.46. The Morgan fingerprint density at radius 1 is 1.22 bits per heavy atom. The Bertz CT molecular complexity index is 440. The minimum absolute atomic E-state index is 0.220. The van der Waals surface area contributed by atoms with Crippen LogP contribution in [0.2, 0.25) is 0 Å². The third kappa shape index (κ3) is 6.49. The summed E-state index contributed by atoms with van der Waals surface area (Å²) in [5.74, 6) is 1.08. The van der Waals surface area contributed by atoms with E-state index < -0.39 is 9.84 Å². The highest BCUT2D eigenvalue weighted by Crippen LogP contribution is 2.15. The molecule has 1 N–H and O–H groups in total. The first-order valence-electron chi connectivity index (χ1n) is 6.16. The highest BCUT2D eigenvalue weighted by Gasteiger charge is 2.01. The summed E-state index contributed by atoms with van der Waals surface area (Å²) in [5.41, 5.74) is 0.979. The predicted octanol–water partition coefficient (Wildman–Crippen LogP) is 2.32. The van der Waals surface area contributed by atoms with Crippen LogP contribution in [0.15, 0.2) is 24.3 Å². The van der Waals surface area contributed by atoms with E-state index in [4.69, 9.17) is 4.74 Å². The van der Waals surface area contributed by atoms with Gasteiger partial charge in [-0.2, -0.15) is 0 Å². The van der Waals surface area contributed by atoms with Crippen LogP contribution in [0.25, 0.3) is 0 Å². The number of benzene rings is 1. The Kier molecular flexibility index (Phi) is 5.98. The van der Waals surface area contributed by atoms with Crippen LogP contribution in [0.4, 0.5) is 5.69 Å². The van der Waals surface area contributed by atoms with Crippen molar-refractivity contribution in [2.45, 2.75) is 19.8 Å². The van der Waals surface area contributed by atoms with Crippen LogP contribution >= 0.6 is 0 Å². The monoisotopic (exact) mass is 271 g/mol. The van der Waals surface area contributed by atoms with E-state index in [2.05, 4.69) is 12.2 Å². The molecule has 5 heteroatoms. The van der Waals surface area contributed by atoms with Crippen LogP contribution in [0.3, 0.4) is 0 Å². The van der Waals surface area contributed by atoms with Gasteiger partial charge < -0.3 is 10.1 Å². The molecule has 1 rings (SSSR count). The molecule has 102 valence electrons. The second-order valence-corrected chi connectivity index (χ2v) is 6.54. The lowest BCUT2D eigenvalue weighted by Gasteiger charge is -2.08. The average Bonchev–Trinajstić information content (AvgIpc) is 2.32. The van der Waals surface area contributed by atoms with Crippen molar-refractivity contribution >= 4 is 15.5 Å². The molecule has 4 nitrogen and oxygen atoms in total. The summed E-state index contributed by atoms with van der Waals surface area (Å²) in [7, 11) is -2.86. The standard InChI is InChI=1S/C13H21NO3S/c1-3-10-17-13-7-5-12(6-8-13)14-9-4-11-18(2,15)16/h5-8,14H,3-4,9-11H2,1-2H3. The summed E-state index contributed by atoms with van der Waals surface area (Å²) in [5, 5.41) is 3.18. The summed E-state index contributed by atoms with van der Waals surface area (Å²) in [6.45, 7) is 3.45. The molecule has 0 heterocycles. The lowest BCUT2D eigenvalue weighted by molar-refractivity contribution is 0.317. The molecule has 0 radical (unpaired) electrons. The first-order chi connectivity index (χ1) is 8.51. The van der Waals surface area contributed by atoms with E-state index in [1.165, 1.54) is 6.26 Å². The number of hydrogen-bond donors (Lipinski definition) is 1. The molecule has 0 atom stereocenters. The Balaban J connectivity index is 2.31. The van der Waals surface area contributed by atoms with E-state index in [0.717, 1.165) is 24.5 Å². The highest BCUT2D eigenvalue weighted by molar-refractivity contribution is 7.90. The van der Waals surface area contributed by atoms with Crippen molar-refractivity contribution in [3.63, 3.8) is 0 Å². The normalized spacial score (nSPS) is 11.2. The summed E-state index contributed by atoms with van der Waals surface area (Å²) in [6, 6.07) is 7.69. The molecule has 0 bridgehead atoms. The van der Waals surface area contributed by atoms with Crippen molar-refractivity contribution in [3.05, 3.63) is 24.3 Å². The smallest absolute Gasteiger partial charge is 0.147 e. The van der Waals surface area contributed by atoms with Gasteiger partial charge in [-0.25, -0.2) is 8.42 Å². The third-order valence-electron chi connectivity index (χ3n) is 2.35. The first-order valence-corrected chi connectivity index (χ1v) is 8.22. The molecule has 18 heavy (non-hydrogen) atoms. The minimum atomic E-state index is -2.86. The van der Waals surface area contributed by atoms with Gasteiger partial charge in [0.2, 0.25) is 0 Å². The van der Waals surface area contributed by atoms with Crippen molar-refractivity contribution < 1.29 is 13.2 Å². The Morgan fingerprint density at radius 3 is 2.44 bits per heavy atom. The van der Waals surface area contributed by atoms with E-state index in [1.807, 2.05) is 24.3 Å². The molecule has 0 amide bonds. The van der Waals surface area contributed by atoms with Gasteiger partial charge in [-0.1, -0.05) is 6.92 Å². The lowest BCUT2D eigenvalue weighted by atomic mass is 10.3. The molecular formula is C13H21NO3S. The summed E-state index contributed by atoms with van der Waals surface area (Å²) < 4.78 is 27.4. The van der Waals surface area contributed by atoms with Gasteiger partial charge in [0.25, 0.3) is 0 Å². The summed E-state index contributed by atoms with van der Waals surface area (Å²) >= 11 is 0. The second kappa shape index (κ2) is 7.26. The van der Waals surface area contributed by atoms with Crippen LogP contribution in [0.5, 0.6) is 5.75 Å². The molecule has 0 aliphatic heterocycles. The van der Waals surface area contributed by atoms with Crippen molar-refractivity contribution in [1.29, 1.82) is 0 Å². The van der Waals surface area contributed by atoms with Crippen molar-refractivity contribution in [2.75, 3.05) is 30.5 Å². The fraction of sp³-hybridized carbons (Fsp3) is 0.538. The zero-order chi connectivity index (χ0) is 13.4.